The Morgan fingerprint density at radius 1 is 1.31 bits per heavy atom. The molecule has 2 aromatic rings. The van der Waals surface area contributed by atoms with E-state index in [0.29, 0.717) is 32.5 Å². The summed E-state index contributed by atoms with van der Waals surface area (Å²) in [4.78, 5) is 17.0. The minimum atomic E-state index is -0.224. The summed E-state index contributed by atoms with van der Waals surface area (Å²) < 4.78 is 8.10. The highest BCUT2D eigenvalue weighted by Crippen LogP contribution is 2.18. The SMILES string of the molecule is Cc1ccc(CN(C)C[C@@H]2OCc3cn(nn3)CCCC(=O)N([C@@H](C)CO)C[C@@H]2C)cc1. The van der Waals surface area contributed by atoms with Crippen molar-refractivity contribution in [3.8, 4) is 0 Å². The first-order valence-electron chi connectivity index (χ1n) is 11.5. The van der Waals surface area contributed by atoms with Gasteiger partial charge in [0.15, 0.2) is 0 Å². The van der Waals surface area contributed by atoms with Gasteiger partial charge < -0.3 is 14.7 Å². The maximum atomic E-state index is 12.9. The number of amides is 1. The average molecular weight is 444 g/mol. The minimum absolute atomic E-state index is 0.0522. The number of carbonyl (C=O) groups is 1. The summed E-state index contributed by atoms with van der Waals surface area (Å²) >= 11 is 0. The molecule has 2 heterocycles. The fourth-order valence-electron chi connectivity index (χ4n) is 4.07. The van der Waals surface area contributed by atoms with E-state index in [1.807, 2.05) is 18.0 Å². The van der Waals surface area contributed by atoms with E-state index in [4.69, 9.17) is 4.74 Å². The molecule has 1 aromatic carbocycles. The van der Waals surface area contributed by atoms with Gasteiger partial charge in [-0.25, -0.2) is 0 Å². The van der Waals surface area contributed by atoms with Gasteiger partial charge in [0.1, 0.15) is 5.69 Å². The number of aliphatic hydroxyl groups is 1. The number of fused-ring (bicyclic) bond motifs is 2. The summed E-state index contributed by atoms with van der Waals surface area (Å²) in [5, 5.41) is 18.1. The van der Waals surface area contributed by atoms with Gasteiger partial charge in [-0.1, -0.05) is 42.0 Å². The summed E-state index contributed by atoms with van der Waals surface area (Å²) in [6, 6.07) is 8.34. The summed E-state index contributed by atoms with van der Waals surface area (Å²) in [6.45, 7) is 9.16. The third-order valence-electron chi connectivity index (χ3n) is 6.11. The predicted molar refractivity (Wildman–Crippen MR) is 123 cm³/mol. The van der Waals surface area contributed by atoms with E-state index < -0.39 is 0 Å². The zero-order valence-electron chi connectivity index (χ0n) is 19.8. The second-order valence-electron chi connectivity index (χ2n) is 9.16. The summed E-state index contributed by atoms with van der Waals surface area (Å²) in [5.74, 6) is 0.147. The molecule has 1 aromatic heterocycles. The average Bonchev–Trinajstić information content (AvgIpc) is 3.23. The Bertz CT molecular complexity index is 854. The van der Waals surface area contributed by atoms with Gasteiger partial charge in [0.2, 0.25) is 5.91 Å². The van der Waals surface area contributed by atoms with Crippen molar-refractivity contribution < 1.29 is 14.6 Å². The Balaban J connectivity index is 1.75. The number of ether oxygens (including phenoxy) is 1. The molecule has 0 fully saturated rings. The second kappa shape index (κ2) is 11.5. The molecule has 1 aliphatic rings. The number of hydrogen-bond donors (Lipinski definition) is 1. The fraction of sp³-hybridized carbons (Fsp3) is 0.625. The monoisotopic (exact) mass is 443 g/mol. The molecule has 0 radical (unpaired) electrons. The van der Waals surface area contributed by atoms with Gasteiger partial charge in [0, 0.05) is 38.5 Å². The quantitative estimate of drug-likeness (QED) is 0.737. The molecule has 32 heavy (non-hydrogen) atoms. The van der Waals surface area contributed by atoms with Crippen LogP contribution in [-0.2, 0) is 29.2 Å². The number of aliphatic hydroxyl groups excluding tert-OH is 1. The van der Waals surface area contributed by atoms with E-state index >= 15 is 0 Å². The zero-order chi connectivity index (χ0) is 23.1. The van der Waals surface area contributed by atoms with Gasteiger partial charge in [-0.15, -0.1) is 5.10 Å². The molecule has 2 bridgehead atoms. The van der Waals surface area contributed by atoms with Crippen LogP contribution in [0, 0.1) is 12.8 Å². The Morgan fingerprint density at radius 2 is 2.06 bits per heavy atom. The van der Waals surface area contributed by atoms with Crippen LogP contribution in [0.25, 0.3) is 0 Å². The van der Waals surface area contributed by atoms with Gasteiger partial charge in [0.25, 0.3) is 0 Å². The minimum Gasteiger partial charge on any atom is -0.394 e. The molecule has 0 aliphatic carbocycles. The van der Waals surface area contributed by atoms with E-state index in [0.717, 1.165) is 18.8 Å². The highest BCUT2D eigenvalue weighted by atomic mass is 16.5. The van der Waals surface area contributed by atoms with Gasteiger partial charge in [0.05, 0.1) is 31.6 Å². The van der Waals surface area contributed by atoms with Crippen LogP contribution in [-0.4, -0.2) is 74.7 Å². The number of likely N-dealkylation sites (N-methyl/N-ethyl adjacent to an activating group) is 1. The van der Waals surface area contributed by atoms with Crippen molar-refractivity contribution in [3.05, 3.63) is 47.3 Å². The van der Waals surface area contributed by atoms with Crippen molar-refractivity contribution in [2.24, 2.45) is 5.92 Å². The van der Waals surface area contributed by atoms with Crippen molar-refractivity contribution in [3.63, 3.8) is 0 Å². The lowest BCUT2D eigenvalue weighted by molar-refractivity contribution is -0.136. The van der Waals surface area contributed by atoms with Gasteiger partial charge >= 0.3 is 0 Å². The molecule has 3 rings (SSSR count). The van der Waals surface area contributed by atoms with Crippen LogP contribution >= 0.6 is 0 Å². The molecule has 3 atom stereocenters. The molecular formula is C24H37N5O3. The molecule has 1 amide bonds. The molecule has 8 nitrogen and oxygen atoms in total. The predicted octanol–water partition coefficient (Wildman–Crippen LogP) is 2.24. The number of aromatic nitrogens is 3. The molecule has 0 spiro atoms. The van der Waals surface area contributed by atoms with Gasteiger partial charge in [-0.05, 0) is 32.9 Å². The first kappa shape index (κ1) is 24.4. The van der Waals surface area contributed by atoms with Crippen molar-refractivity contribution in [2.75, 3.05) is 26.7 Å². The fourth-order valence-corrected chi connectivity index (χ4v) is 4.07. The first-order valence-corrected chi connectivity index (χ1v) is 11.5. The topological polar surface area (TPSA) is 83.7 Å². The highest BCUT2D eigenvalue weighted by Gasteiger charge is 2.28. The summed E-state index contributed by atoms with van der Waals surface area (Å²) in [5.41, 5.74) is 3.30. The van der Waals surface area contributed by atoms with E-state index in [1.165, 1.54) is 11.1 Å². The van der Waals surface area contributed by atoms with E-state index in [-0.39, 0.29) is 30.6 Å². The van der Waals surface area contributed by atoms with E-state index in [9.17, 15) is 9.90 Å². The third kappa shape index (κ3) is 6.85. The van der Waals surface area contributed by atoms with Crippen molar-refractivity contribution in [1.82, 2.24) is 24.8 Å². The van der Waals surface area contributed by atoms with E-state index in [1.54, 1.807) is 4.68 Å². The number of benzene rings is 1. The van der Waals surface area contributed by atoms with Crippen LogP contribution in [0.1, 0.15) is 43.5 Å². The molecular weight excluding hydrogens is 406 g/mol. The molecule has 0 unspecified atom stereocenters. The third-order valence-corrected chi connectivity index (χ3v) is 6.11. The molecule has 1 aliphatic heterocycles. The highest BCUT2D eigenvalue weighted by molar-refractivity contribution is 5.76. The molecule has 1 N–H and O–H groups in total. The summed E-state index contributed by atoms with van der Waals surface area (Å²) in [6.07, 6.45) is 2.91. The maximum Gasteiger partial charge on any atom is 0.222 e. The smallest absolute Gasteiger partial charge is 0.222 e. The standard InChI is InChI=1S/C24H37N5O3/c1-18-7-9-21(10-8-18)13-27(4)15-23-19(2)12-29(20(3)16-30)24(31)6-5-11-28-14-22(17-32-23)25-26-28/h7-10,14,19-20,23,30H,5-6,11-13,15-17H2,1-4H3/t19-,20-,23-/m0/s1. The van der Waals surface area contributed by atoms with Gasteiger partial charge in [-0.3, -0.25) is 14.4 Å². The van der Waals surface area contributed by atoms with Crippen molar-refractivity contribution in [2.45, 2.75) is 65.5 Å². The van der Waals surface area contributed by atoms with Crippen LogP contribution in [0.4, 0.5) is 0 Å². The second-order valence-corrected chi connectivity index (χ2v) is 9.16. The normalized spacial score (nSPS) is 21.7. The number of carbonyl (C=O) groups excluding carboxylic acids is 1. The molecule has 0 saturated carbocycles. The molecule has 8 heteroatoms. The lowest BCUT2D eigenvalue weighted by Crippen LogP contribution is -2.47. The van der Waals surface area contributed by atoms with Crippen LogP contribution in [0.15, 0.2) is 30.5 Å². The van der Waals surface area contributed by atoms with Crippen LogP contribution < -0.4 is 0 Å². The van der Waals surface area contributed by atoms with Crippen LogP contribution in [0.3, 0.4) is 0 Å². The van der Waals surface area contributed by atoms with Crippen LogP contribution in [0.2, 0.25) is 0 Å². The van der Waals surface area contributed by atoms with Gasteiger partial charge in [-0.2, -0.15) is 0 Å². The van der Waals surface area contributed by atoms with Crippen LogP contribution in [0.5, 0.6) is 0 Å². The molecule has 0 saturated heterocycles. The number of aryl methyl sites for hydroxylation is 2. The largest absolute Gasteiger partial charge is 0.394 e. The maximum absolute atomic E-state index is 12.9. The Labute approximate surface area is 191 Å². The Morgan fingerprint density at radius 3 is 2.78 bits per heavy atom. The Kier molecular flexibility index (Phi) is 8.78. The van der Waals surface area contributed by atoms with Crippen molar-refractivity contribution >= 4 is 5.91 Å². The first-order chi connectivity index (χ1) is 15.4. The molecule has 176 valence electrons. The van der Waals surface area contributed by atoms with E-state index in [2.05, 4.69) is 60.4 Å². The van der Waals surface area contributed by atoms with Crippen molar-refractivity contribution in [1.29, 1.82) is 0 Å². The Hall–Kier alpha value is -2.29. The lowest BCUT2D eigenvalue weighted by Gasteiger charge is -2.35. The lowest BCUT2D eigenvalue weighted by atomic mass is 10.0. The number of nitrogens with zero attached hydrogens (tertiary/aromatic N) is 5. The zero-order valence-corrected chi connectivity index (χ0v) is 19.8. The number of rotatable bonds is 6. The summed E-state index contributed by atoms with van der Waals surface area (Å²) in [7, 11) is 2.09. The number of hydrogen-bond acceptors (Lipinski definition) is 6.